The molecule has 5 N–H and O–H groups in total. The summed E-state index contributed by atoms with van der Waals surface area (Å²) >= 11 is 1.37. The van der Waals surface area contributed by atoms with Crippen LogP contribution in [0.2, 0.25) is 0 Å². The average molecular weight is 760 g/mol. The molecule has 7 amide bonds. The molecule has 4 rings (SSSR count). The molecule has 0 spiro atoms. The van der Waals surface area contributed by atoms with E-state index in [4.69, 9.17) is 4.74 Å². The van der Waals surface area contributed by atoms with Gasteiger partial charge in [0.1, 0.15) is 18.1 Å². The minimum absolute atomic E-state index is 0.111. The van der Waals surface area contributed by atoms with Gasteiger partial charge in [-0.3, -0.25) is 28.8 Å². The zero-order chi connectivity index (χ0) is 39.6. The molecule has 2 saturated heterocycles. The first kappa shape index (κ1) is 41.7. The Morgan fingerprint density at radius 2 is 1.66 bits per heavy atom. The van der Waals surface area contributed by atoms with Crippen LogP contribution in [-0.4, -0.2) is 114 Å². The number of likely N-dealkylation sites (N-methyl/N-ethyl adjacent to an activating group) is 1. The number of ketones is 1. The molecular weight excluding hydrogens is 703 g/mol. The van der Waals surface area contributed by atoms with Crippen molar-refractivity contribution in [3.8, 4) is 0 Å². The maximum atomic E-state index is 14.4. The van der Waals surface area contributed by atoms with Crippen molar-refractivity contribution in [3.05, 3.63) is 22.4 Å². The minimum Gasteiger partial charge on any atom is -0.370 e. The number of likely N-dealkylation sites (tertiary alicyclic amines) is 1. The lowest BCUT2D eigenvalue weighted by molar-refractivity contribution is -0.145. The van der Waals surface area contributed by atoms with Crippen molar-refractivity contribution in [1.29, 1.82) is 0 Å². The van der Waals surface area contributed by atoms with Crippen molar-refractivity contribution < 1.29 is 38.3 Å². The number of rotatable bonds is 13. The molecule has 3 heterocycles. The first-order valence-electron chi connectivity index (χ1n) is 18.2. The van der Waals surface area contributed by atoms with Crippen LogP contribution in [0.4, 0.5) is 4.79 Å². The van der Waals surface area contributed by atoms with E-state index in [1.54, 1.807) is 30.9 Å². The third-order valence-electron chi connectivity index (χ3n) is 9.62. The Morgan fingerprint density at radius 3 is 2.21 bits per heavy atom. The number of carbonyl (C=O) groups excluding carboxylic acids is 7. The summed E-state index contributed by atoms with van der Waals surface area (Å²) in [6, 6.07) is -3.01. The molecule has 53 heavy (non-hydrogen) atoms. The molecule has 3 aliphatic rings. The molecule has 2 aliphatic heterocycles. The van der Waals surface area contributed by atoms with Crippen molar-refractivity contribution in [2.75, 3.05) is 27.2 Å². The zero-order valence-electron chi connectivity index (χ0n) is 32.6. The highest BCUT2D eigenvalue weighted by molar-refractivity contribution is 7.08. The number of urea groups is 1. The molecule has 1 aromatic rings. The number of nitrogens with zero attached hydrogens (tertiary/aromatic N) is 2. The molecule has 6 atom stereocenters. The highest BCUT2D eigenvalue weighted by atomic mass is 32.1. The summed E-state index contributed by atoms with van der Waals surface area (Å²) in [6.45, 7) is 14.3. The topological polar surface area (TPSA) is 195 Å². The summed E-state index contributed by atoms with van der Waals surface area (Å²) in [4.78, 5) is 96.9. The van der Waals surface area contributed by atoms with E-state index in [9.17, 15) is 33.6 Å². The maximum absolute atomic E-state index is 14.4. The smallest absolute Gasteiger partial charge is 0.315 e. The second kappa shape index (κ2) is 16.1. The highest BCUT2D eigenvalue weighted by Crippen LogP contribution is 2.44. The number of nitrogens with one attached hydrogen (secondary N) is 5. The summed E-state index contributed by atoms with van der Waals surface area (Å²) < 4.78 is 6.28. The van der Waals surface area contributed by atoms with Gasteiger partial charge in [-0.15, -0.1) is 0 Å². The predicted molar refractivity (Wildman–Crippen MR) is 198 cm³/mol. The van der Waals surface area contributed by atoms with Gasteiger partial charge in [-0.1, -0.05) is 33.6 Å². The van der Waals surface area contributed by atoms with Crippen LogP contribution in [0.5, 0.6) is 0 Å². The number of thiophene rings is 1. The third-order valence-corrected chi connectivity index (χ3v) is 10.3. The van der Waals surface area contributed by atoms with Crippen molar-refractivity contribution in [3.63, 3.8) is 0 Å². The molecule has 294 valence electrons. The lowest BCUT2D eigenvalue weighted by Gasteiger charge is -2.37. The Kier molecular flexibility index (Phi) is 12.7. The number of hydrogen-bond donors (Lipinski definition) is 5. The van der Waals surface area contributed by atoms with Gasteiger partial charge in [0.05, 0.1) is 24.3 Å². The third kappa shape index (κ3) is 11.0. The number of Topliss-reactive ketones (excluding diaryl/α,β-unsaturated/α-hetero) is 1. The number of hydrogen-bond acceptors (Lipinski definition) is 9. The van der Waals surface area contributed by atoms with E-state index >= 15 is 0 Å². The van der Waals surface area contributed by atoms with Gasteiger partial charge >= 0.3 is 6.03 Å². The van der Waals surface area contributed by atoms with Crippen LogP contribution in [-0.2, 0) is 33.5 Å². The van der Waals surface area contributed by atoms with Crippen LogP contribution in [0, 0.1) is 17.3 Å². The second-order valence-corrected chi connectivity index (χ2v) is 18.2. The SMILES string of the molecule is CN(C)C(=O)[C@@H](NC(=O)CNC(=O)C(=O)C(CC1CC1)NC(=O)[C@@H]1[C@H]2CC(C)(C)O[C@H]2CN1C(=O)[C@@H](NC(=O)NC(C)(C)C)C(C)(C)C)c1ccsc1. The van der Waals surface area contributed by atoms with Crippen LogP contribution >= 0.6 is 11.3 Å². The Bertz CT molecular complexity index is 1560. The maximum Gasteiger partial charge on any atom is 0.315 e. The standard InChI is InChI=1S/C37H57N7O8S/c1-35(2,3)29(41-34(51)42-36(4,5)6)33(50)44-18-24-22(16-37(7,8)52-24)27(44)30(47)39-23(15-20-11-12-20)28(46)31(48)38-17-25(45)40-26(32(49)43(9)10)21-13-14-53-19-21/h13-14,19-20,22-24,26-27,29H,11-12,15-18H2,1-10H3,(H,38,48)(H,39,47)(H,40,45)(H2,41,42,51)/t22-,23?,24-,26-,27-,29+/m0/s1. The van der Waals surface area contributed by atoms with E-state index in [1.807, 2.05) is 55.4 Å². The largest absolute Gasteiger partial charge is 0.370 e. The summed E-state index contributed by atoms with van der Waals surface area (Å²) in [6.07, 6.45) is 1.91. The van der Waals surface area contributed by atoms with Gasteiger partial charge in [0.25, 0.3) is 5.91 Å². The van der Waals surface area contributed by atoms with E-state index in [0.29, 0.717) is 12.0 Å². The van der Waals surface area contributed by atoms with Gasteiger partial charge in [-0.05, 0) is 81.2 Å². The van der Waals surface area contributed by atoms with Gasteiger partial charge in [0.2, 0.25) is 29.4 Å². The molecular formula is C37H57N7O8S. The molecule has 0 radical (unpaired) electrons. The van der Waals surface area contributed by atoms with Crippen molar-refractivity contribution in [2.45, 2.75) is 122 Å². The number of ether oxygens (including phenoxy) is 1. The molecule has 0 aromatic carbocycles. The molecule has 3 fully saturated rings. The van der Waals surface area contributed by atoms with Crippen LogP contribution < -0.4 is 26.6 Å². The molecule has 1 saturated carbocycles. The van der Waals surface area contributed by atoms with Crippen LogP contribution in [0.1, 0.15) is 92.7 Å². The fourth-order valence-electron chi connectivity index (χ4n) is 6.93. The van der Waals surface area contributed by atoms with E-state index in [-0.39, 0.29) is 24.8 Å². The van der Waals surface area contributed by atoms with Gasteiger partial charge in [-0.2, -0.15) is 11.3 Å². The molecule has 15 nitrogen and oxygen atoms in total. The van der Waals surface area contributed by atoms with Gasteiger partial charge in [0, 0.05) is 32.1 Å². The fraction of sp³-hybridized carbons (Fsp3) is 0.703. The number of amides is 7. The van der Waals surface area contributed by atoms with Crippen molar-refractivity contribution >= 4 is 52.7 Å². The second-order valence-electron chi connectivity index (χ2n) is 17.4. The van der Waals surface area contributed by atoms with Crippen molar-refractivity contribution in [2.24, 2.45) is 17.3 Å². The Hall–Kier alpha value is -4.05. The number of fused-ring (bicyclic) bond motifs is 1. The summed E-state index contributed by atoms with van der Waals surface area (Å²) in [5.41, 5.74) is -1.25. The van der Waals surface area contributed by atoms with Crippen LogP contribution in [0.3, 0.4) is 0 Å². The molecule has 1 aromatic heterocycles. The number of carbonyl (C=O) groups is 7. The molecule has 16 heteroatoms. The summed E-state index contributed by atoms with van der Waals surface area (Å²) in [7, 11) is 3.13. The highest BCUT2D eigenvalue weighted by Gasteiger charge is 2.57. The molecule has 1 unspecified atom stereocenters. The quantitative estimate of drug-likeness (QED) is 0.188. The lowest BCUT2D eigenvalue weighted by Crippen LogP contribution is -2.62. The van der Waals surface area contributed by atoms with Crippen molar-refractivity contribution in [1.82, 2.24) is 36.4 Å². The summed E-state index contributed by atoms with van der Waals surface area (Å²) in [5.74, 6) is -4.32. The predicted octanol–water partition coefficient (Wildman–Crippen LogP) is 1.87. The average Bonchev–Trinajstić information content (AvgIpc) is 3.41. The molecule has 0 bridgehead atoms. The monoisotopic (exact) mass is 759 g/mol. The fourth-order valence-corrected chi connectivity index (χ4v) is 7.62. The first-order valence-corrected chi connectivity index (χ1v) is 19.1. The Morgan fingerprint density at radius 1 is 1.00 bits per heavy atom. The van der Waals surface area contributed by atoms with Gasteiger partial charge in [-0.25, -0.2) is 4.79 Å². The van der Waals surface area contributed by atoms with Crippen LogP contribution in [0.25, 0.3) is 0 Å². The van der Waals surface area contributed by atoms with E-state index < -0.39 is 94.7 Å². The first-order chi connectivity index (χ1) is 24.5. The van der Waals surface area contributed by atoms with E-state index in [1.165, 1.54) is 21.1 Å². The Balaban J connectivity index is 1.50. The zero-order valence-corrected chi connectivity index (χ0v) is 33.4. The van der Waals surface area contributed by atoms with Gasteiger partial charge < -0.3 is 41.1 Å². The van der Waals surface area contributed by atoms with E-state index in [2.05, 4.69) is 26.6 Å². The van der Waals surface area contributed by atoms with E-state index in [0.717, 1.165) is 12.8 Å². The minimum atomic E-state index is -1.20. The summed E-state index contributed by atoms with van der Waals surface area (Å²) in [5, 5.41) is 16.9. The normalized spacial score (nSPS) is 22.5. The Labute approximate surface area is 316 Å². The lowest BCUT2D eigenvalue weighted by atomic mass is 9.85. The van der Waals surface area contributed by atoms with Gasteiger partial charge in [0.15, 0.2) is 0 Å². The van der Waals surface area contributed by atoms with Crippen LogP contribution in [0.15, 0.2) is 16.8 Å². The molecule has 1 aliphatic carbocycles.